The predicted octanol–water partition coefficient (Wildman–Crippen LogP) is 5.16. The Hall–Kier alpha value is -2.20. The lowest BCUT2D eigenvalue weighted by Crippen LogP contribution is -2.13. The highest BCUT2D eigenvalue weighted by Gasteiger charge is 2.17. The molecule has 0 amide bonds. The molecule has 1 nitrogen and oxygen atoms in total. The van der Waals surface area contributed by atoms with Gasteiger partial charge in [-0.1, -0.05) is 43.2 Å². The lowest BCUT2D eigenvalue weighted by atomic mass is 9.81. The summed E-state index contributed by atoms with van der Waals surface area (Å²) in [5.41, 5.74) is 4.26. The zero-order chi connectivity index (χ0) is 15.2. The summed E-state index contributed by atoms with van der Waals surface area (Å²) in [6, 6.07) is 16.3. The van der Waals surface area contributed by atoms with Gasteiger partial charge in [-0.05, 0) is 66.5 Å². The number of nitrogens with zero attached hydrogens (tertiary/aromatic N) is 1. The van der Waals surface area contributed by atoms with Gasteiger partial charge in [0.2, 0.25) is 0 Å². The van der Waals surface area contributed by atoms with Gasteiger partial charge in [-0.3, -0.25) is 0 Å². The molecule has 0 N–H and O–H groups in total. The molecule has 0 unspecified atom stereocenters. The van der Waals surface area contributed by atoms with E-state index < -0.39 is 0 Å². The Bertz CT molecular complexity index is 737. The van der Waals surface area contributed by atoms with E-state index in [1.165, 1.54) is 31.2 Å². The summed E-state index contributed by atoms with van der Waals surface area (Å²) in [7, 11) is 0. The molecule has 2 aromatic carbocycles. The molecule has 0 bridgehead atoms. The molecule has 0 aliphatic heterocycles. The largest absolute Gasteiger partial charge is 0.195 e. The first-order valence-electron chi connectivity index (χ1n) is 7.62. The molecule has 0 atom stereocenters. The van der Waals surface area contributed by atoms with Crippen molar-refractivity contribution in [3.63, 3.8) is 0 Å². The van der Waals surface area contributed by atoms with Gasteiger partial charge in [-0.25, -0.2) is 0 Å². The number of rotatable bonds is 3. The first-order valence-corrected chi connectivity index (χ1v) is 8.03. The van der Waals surface area contributed by atoms with E-state index in [1.807, 2.05) is 24.3 Å². The molecule has 0 spiro atoms. The molecule has 0 saturated heterocycles. The molecule has 1 fully saturated rings. The van der Waals surface area contributed by atoms with Gasteiger partial charge in [-0.2, -0.15) is 4.99 Å². The van der Waals surface area contributed by atoms with Gasteiger partial charge in [-0.15, -0.1) is 0 Å². The highest BCUT2D eigenvalue weighted by molar-refractivity contribution is 7.78. The van der Waals surface area contributed by atoms with E-state index in [2.05, 4.69) is 58.5 Å². The van der Waals surface area contributed by atoms with Crippen LogP contribution in [0.25, 0.3) is 0 Å². The normalized spacial score (nSPS) is 13.5. The van der Waals surface area contributed by atoms with Crippen molar-refractivity contribution >= 4 is 23.1 Å². The molecule has 3 rings (SSSR count). The Morgan fingerprint density at radius 2 is 1.50 bits per heavy atom. The molecular weight excluding hydrogens is 286 g/mol. The molecule has 108 valence electrons. The SMILES string of the molecule is S=C=Nc1ccc(C#Cc2ccc(CC3CCC3)cc2)cc1. The highest BCUT2D eigenvalue weighted by Crippen LogP contribution is 2.29. The summed E-state index contributed by atoms with van der Waals surface area (Å²) in [5, 5.41) is 2.36. The van der Waals surface area contributed by atoms with E-state index in [0.29, 0.717) is 0 Å². The minimum atomic E-state index is 0.806. The molecule has 0 aromatic heterocycles. The van der Waals surface area contributed by atoms with Gasteiger partial charge >= 0.3 is 0 Å². The van der Waals surface area contributed by atoms with E-state index >= 15 is 0 Å². The molecule has 0 radical (unpaired) electrons. The number of hydrogen-bond donors (Lipinski definition) is 0. The van der Waals surface area contributed by atoms with Crippen molar-refractivity contribution in [2.24, 2.45) is 10.9 Å². The fraction of sp³-hybridized carbons (Fsp3) is 0.250. The number of aliphatic imine (C=N–C) groups is 1. The molecule has 1 saturated carbocycles. The summed E-state index contributed by atoms with van der Waals surface area (Å²) in [4.78, 5) is 3.93. The maximum absolute atomic E-state index is 4.59. The topological polar surface area (TPSA) is 12.4 Å². The fourth-order valence-electron chi connectivity index (χ4n) is 2.57. The molecule has 22 heavy (non-hydrogen) atoms. The van der Waals surface area contributed by atoms with Crippen LogP contribution in [0.5, 0.6) is 0 Å². The molecule has 0 heterocycles. The van der Waals surface area contributed by atoms with Crippen LogP contribution in [0.15, 0.2) is 53.5 Å². The number of thiocarbonyl (C=S) groups is 1. The second kappa shape index (κ2) is 7.18. The third kappa shape index (κ3) is 3.92. The average Bonchev–Trinajstić information content (AvgIpc) is 2.52. The third-order valence-electron chi connectivity index (χ3n) is 4.10. The second-order valence-corrected chi connectivity index (χ2v) is 5.88. The fourth-order valence-corrected chi connectivity index (χ4v) is 2.68. The summed E-state index contributed by atoms with van der Waals surface area (Å²) in [6.45, 7) is 0. The van der Waals surface area contributed by atoms with Crippen molar-refractivity contribution in [1.82, 2.24) is 0 Å². The van der Waals surface area contributed by atoms with Crippen LogP contribution in [-0.2, 0) is 6.42 Å². The first kappa shape index (κ1) is 14.7. The first-order chi connectivity index (χ1) is 10.8. The zero-order valence-electron chi connectivity index (χ0n) is 12.4. The highest BCUT2D eigenvalue weighted by atomic mass is 32.1. The molecule has 1 aliphatic carbocycles. The summed E-state index contributed by atoms with van der Waals surface area (Å²) in [6.07, 6.45) is 5.41. The lowest BCUT2D eigenvalue weighted by Gasteiger charge is -2.25. The molecule has 2 heteroatoms. The van der Waals surface area contributed by atoms with Crippen LogP contribution >= 0.6 is 12.2 Å². The summed E-state index contributed by atoms with van der Waals surface area (Å²) >= 11 is 4.59. The van der Waals surface area contributed by atoms with Crippen LogP contribution in [0.3, 0.4) is 0 Å². The Labute approximate surface area is 137 Å². The Kier molecular flexibility index (Phi) is 4.81. The number of benzene rings is 2. The summed E-state index contributed by atoms with van der Waals surface area (Å²) in [5.74, 6) is 7.29. The van der Waals surface area contributed by atoms with Crippen molar-refractivity contribution < 1.29 is 0 Å². The van der Waals surface area contributed by atoms with Crippen molar-refractivity contribution in [3.05, 3.63) is 65.2 Å². The van der Waals surface area contributed by atoms with Gasteiger partial charge in [0.1, 0.15) is 0 Å². The van der Waals surface area contributed by atoms with E-state index in [1.54, 1.807) is 0 Å². The van der Waals surface area contributed by atoms with E-state index in [9.17, 15) is 0 Å². The smallest absolute Gasteiger partial charge is 0.0740 e. The van der Waals surface area contributed by atoms with Gasteiger partial charge in [0.15, 0.2) is 0 Å². The predicted molar refractivity (Wildman–Crippen MR) is 94.6 cm³/mol. The second-order valence-electron chi connectivity index (χ2n) is 5.70. The monoisotopic (exact) mass is 303 g/mol. The van der Waals surface area contributed by atoms with E-state index in [4.69, 9.17) is 0 Å². The van der Waals surface area contributed by atoms with Crippen molar-refractivity contribution in [3.8, 4) is 11.8 Å². The van der Waals surface area contributed by atoms with Crippen LogP contribution in [0.4, 0.5) is 5.69 Å². The quantitative estimate of drug-likeness (QED) is 0.433. The van der Waals surface area contributed by atoms with E-state index in [0.717, 1.165) is 22.7 Å². The molecular formula is C20H17NS. The Morgan fingerprint density at radius 1 is 0.909 bits per heavy atom. The maximum atomic E-state index is 4.59. The third-order valence-corrected chi connectivity index (χ3v) is 4.19. The van der Waals surface area contributed by atoms with Crippen molar-refractivity contribution in [1.29, 1.82) is 0 Å². The maximum Gasteiger partial charge on any atom is 0.0740 e. The van der Waals surface area contributed by atoms with Crippen molar-refractivity contribution in [2.75, 3.05) is 0 Å². The standard InChI is InChI=1S/C20H17NS/c22-15-21-20-12-10-17(11-13-20)5-4-16-6-8-19(9-7-16)14-18-2-1-3-18/h6-13,18H,1-3,14H2. The Balaban J connectivity index is 1.66. The van der Waals surface area contributed by atoms with Crippen LogP contribution in [0.2, 0.25) is 0 Å². The van der Waals surface area contributed by atoms with Gasteiger partial charge in [0.05, 0.1) is 10.8 Å². The van der Waals surface area contributed by atoms with Gasteiger partial charge in [0, 0.05) is 11.1 Å². The van der Waals surface area contributed by atoms with Crippen LogP contribution in [-0.4, -0.2) is 5.16 Å². The zero-order valence-corrected chi connectivity index (χ0v) is 13.2. The van der Waals surface area contributed by atoms with Crippen molar-refractivity contribution in [2.45, 2.75) is 25.7 Å². The average molecular weight is 303 g/mol. The number of isothiocyanates is 1. The minimum Gasteiger partial charge on any atom is -0.195 e. The molecule has 1 aliphatic rings. The minimum absolute atomic E-state index is 0.806. The molecule has 2 aromatic rings. The Morgan fingerprint density at radius 3 is 2.00 bits per heavy atom. The summed E-state index contributed by atoms with van der Waals surface area (Å²) < 4.78 is 0. The van der Waals surface area contributed by atoms with Gasteiger partial charge < -0.3 is 0 Å². The van der Waals surface area contributed by atoms with Crippen LogP contribution in [0, 0.1) is 17.8 Å². The van der Waals surface area contributed by atoms with Crippen LogP contribution < -0.4 is 0 Å². The number of hydrogen-bond acceptors (Lipinski definition) is 2. The van der Waals surface area contributed by atoms with E-state index in [-0.39, 0.29) is 0 Å². The van der Waals surface area contributed by atoms with Gasteiger partial charge in [0.25, 0.3) is 0 Å². The van der Waals surface area contributed by atoms with Crippen LogP contribution in [0.1, 0.15) is 36.0 Å². The lowest BCUT2D eigenvalue weighted by molar-refractivity contribution is 0.314.